The van der Waals surface area contributed by atoms with Crippen LogP contribution in [0.1, 0.15) is 46.0 Å². The maximum Gasteiger partial charge on any atom is 0.348 e. The third kappa shape index (κ3) is 4.11. The summed E-state index contributed by atoms with van der Waals surface area (Å²) in [5.41, 5.74) is 6.93. The Bertz CT molecular complexity index is 1890. The predicted octanol–water partition coefficient (Wildman–Crippen LogP) is 8.12. The number of ether oxygens (including phenoxy) is 1. The minimum atomic E-state index is -0.672. The van der Waals surface area contributed by atoms with Crippen LogP contribution in [-0.4, -0.2) is 21.1 Å². The molecule has 0 fully saturated rings. The van der Waals surface area contributed by atoms with Crippen LogP contribution in [0.15, 0.2) is 103 Å². The number of rotatable bonds is 5. The number of carbonyl (C=O) groups is 2. The molecule has 0 aliphatic carbocycles. The SMILES string of the molecule is CC(C)c1ccc(-c2c(C(=O)OC(=O)c3c(-c4ccccc4)n(C)c4ccccc34)c3ccccc3n2C)cc1. The van der Waals surface area contributed by atoms with Gasteiger partial charge < -0.3 is 13.9 Å². The Kier molecular flexibility index (Phi) is 6.35. The average Bonchev–Trinajstić information content (AvgIpc) is 3.45. The number of nitrogens with zero attached hydrogens (tertiary/aromatic N) is 2. The molecule has 0 unspecified atom stereocenters. The fraction of sp³-hybridized carbons (Fsp3) is 0.143. The number of para-hydroxylation sites is 2. The van der Waals surface area contributed by atoms with Crippen molar-refractivity contribution in [2.75, 3.05) is 0 Å². The van der Waals surface area contributed by atoms with Gasteiger partial charge in [0.15, 0.2) is 0 Å². The van der Waals surface area contributed by atoms with Crippen LogP contribution in [-0.2, 0) is 18.8 Å². The number of aryl methyl sites for hydroxylation is 2. The largest absolute Gasteiger partial charge is 0.386 e. The molecule has 0 radical (unpaired) electrons. The normalized spacial score (nSPS) is 11.4. The highest BCUT2D eigenvalue weighted by atomic mass is 16.6. The van der Waals surface area contributed by atoms with Gasteiger partial charge in [0.25, 0.3) is 0 Å². The summed E-state index contributed by atoms with van der Waals surface area (Å²) in [5, 5.41) is 1.48. The Labute approximate surface area is 233 Å². The molecule has 0 aliphatic rings. The molecule has 0 aliphatic heterocycles. The van der Waals surface area contributed by atoms with E-state index in [1.165, 1.54) is 5.56 Å². The molecule has 2 heterocycles. The van der Waals surface area contributed by atoms with Crippen molar-refractivity contribution in [1.29, 1.82) is 0 Å². The summed E-state index contributed by atoms with van der Waals surface area (Å²) in [6.45, 7) is 4.30. The van der Waals surface area contributed by atoms with Crippen molar-refractivity contribution in [2.24, 2.45) is 14.1 Å². The van der Waals surface area contributed by atoms with E-state index in [0.29, 0.717) is 22.7 Å². The van der Waals surface area contributed by atoms with Crippen molar-refractivity contribution in [3.63, 3.8) is 0 Å². The van der Waals surface area contributed by atoms with Crippen LogP contribution in [0.25, 0.3) is 44.3 Å². The van der Waals surface area contributed by atoms with Crippen molar-refractivity contribution in [1.82, 2.24) is 9.13 Å². The van der Waals surface area contributed by atoms with E-state index in [-0.39, 0.29) is 0 Å². The molecular weight excluding hydrogens is 496 g/mol. The smallest absolute Gasteiger partial charge is 0.348 e. The minimum Gasteiger partial charge on any atom is -0.386 e. The summed E-state index contributed by atoms with van der Waals surface area (Å²) in [5.74, 6) is -0.950. The van der Waals surface area contributed by atoms with Crippen molar-refractivity contribution in [2.45, 2.75) is 19.8 Å². The van der Waals surface area contributed by atoms with E-state index >= 15 is 0 Å². The Morgan fingerprint density at radius 3 is 1.48 bits per heavy atom. The molecule has 0 saturated carbocycles. The summed E-state index contributed by atoms with van der Waals surface area (Å²) >= 11 is 0. The van der Waals surface area contributed by atoms with Gasteiger partial charge in [-0.1, -0.05) is 105 Å². The molecule has 4 aromatic carbocycles. The van der Waals surface area contributed by atoms with Gasteiger partial charge in [0.2, 0.25) is 0 Å². The standard InChI is InChI=1S/C35H30N2O3/c1-22(2)23-18-20-25(21-19-23)33-31(27-15-9-11-17-29(27)37(33)4)35(39)40-34(38)30-26-14-8-10-16-28(26)36(3)32(30)24-12-6-5-7-13-24/h5-22H,1-4H3. The van der Waals surface area contributed by atoms with E-state index in [0.717, 1.165) is 38.6 Å². The maximum absolute atomic E-state index is 14.0. The van der Waals surface area contributed by atoms with Gasteiger partial charge >= 0.3 is 11.9 Å². The molecule has 6 aromatic rings. The third-order valence-corrected chi connectivity index (χ3v) is 7.71. The Morgan fingerprint density at radius 2 is 1.00 bits per heavy atom. The average molecular weight is 527 g/mol. The molecular formula is C35H30N2O3. The van der Waals surface area contributed by atoms with E-state index in [4.69, 9.17) is 4.74 Å². The molecule has 0 bridgehead atoms. The van der Waals surface area contributed by atoms with Gasteiger partial charge in [0.1, 0.15) is 0 Å². The lowest BCUT2D eigenvalue weighted by atomic mass is 9.99. The van der Waals surface area contributed by atoms with Gasteiger partial charge in [0.05, 0.1) is 22.5 Å². The zero-order chi connectivity index (χ0) is 28.0. The summed E-state index contributed by atoms with van der Waals surface area (Å²) in [6, 6.07) is 33.3. The number of hydrogen-bond acceptors (Lipinski definition) is 3. The van der Waals surface area contributed by atoms with Crippen molar-refractivity contribution in [3.05, 3.63) is 120 Å². The van der Waals surface area contributed by atoms with Crippen LogP contribution >= 0.6 is 0 Å². The van der Waals surface area contributed by atoms with E-state index in [1.807, 2.05) is 114 Å². The summed E-state index contributed by atoms with van der Waals surface area (Å²) in [6.07, 6.45) is 0. The fourth-order valence-electron chi connectivity index (χ4n) is 5.68. The number of esters is 2. The summed E-state index contributed by atoms with van der Waals surface area (Å²) < 4.78 is 9.72. The second kappa shape index (κ2) is 10.0. The number of benzene rings is 4. The van der Waals surface area contributed by atoms with Crippen LogP contribution in [0.2, 0.25) is 0 Å². The number of fused-ring (bicyclic) bond motifs is 2. The predicted molar refractivity (Wildman–Crippen MR) is 161 cm³/mol. The first-order chi connectivity index (χ1) is 19.4. The highest BCUT2D eigenvalue weighted by Crippen LogP contribution is 2.36. The number of carbonyl (C=O) groups excluding carboxylic acids is 2. The Hall–Kier alpha value is -4.90. The van der Waals surface area contributed by atoms with Gasteiger partial charge in [0, 0.05) is 35.9 Å². The fourth-order valence-corrected chi connectivity index (χ4v) is 5.68. The summed E-state index contributed by atoms with van der Waals surface area (Å²) in [4.78, 5) is 27.8. The van der Waals surface area contributed by atoms with Gasteiger partial charge in [-0.2, -0.15) is 0 Å². The molecule has 198 valence electrons. The molecule has 2 aromatic heterocycles. The molecule has 0 N–H and O–H groups in total. The minimum absolute atomic E-state index is 0.376. The third-order valence-electron chi connectivity index (χ3n) is 7.71. The lowest BCUT2D eigenvalue weighted by Gasteiger charge is -2.11. The van der Waals surface area contributed by atoms with Crippen LogP contribution in [0, 0.1) is 0 Å². The van der Waals surface area contributed by atoms with E-state index in [9.17, 15) is 9.59 Å². The quantitative estimate of drug-likeness (QED) is 0.168. The zero-order valence-electron chi connectivity index (χ0n) is 23.0. The van der Waals surface area contributed by atoms with E-state index in [2.05, 4.69) is 26.0 Å². The lowest BCUT2D eigenvalue weighted by molar-refractivity contribution is 0.0401. The highest BCUT2D eigenvalue weighted by molar-refractivity contribution is 6.18. The zero-order valence-corrected chi connectivity index (χ0v) is 23.0. The second-order valence-electron chi connectivity index (χ2n) is 10.4. The molecule has 0 spiro atoms. The van der Waals surface area contributed by atoms with Crippen LogP contribution in [0.5, 0.6) is 0 Å². The second-order valence-corrected chi connectivity index (χ2v) is 10.4. The monoisotopic (exact) mass is 526 g/mol. The van der Waals surface area contributed by atoms with Crippen LogP contribution in [0.3, 0.4) is 0 Å². The summed E-state index contributed by atoms with van der Waals surface area (Å²) in [7, 11) is 3.86. The van der Waals surface area contributed by atoms with Crippen molar-refractivity contribution < 1.29 is 14.3 Å². The molecule has 5 heteroatoms. The van der Waals surface area contributed by atoms with Crippen molar-refractivity contribution in [3.8, 4) is 22.5 Å². The first-order valence-electron chi connectivity index (χ1n) is 13.4. The van der Waals surface area contributed by atoms with Gasteiger partial charge in [-0.25, -0.2) is 9.59 Å². The van der Waals surface area contributed by atoms with Gasteiger partial charge in [-0.15, -0.1) is 0 Å². The van der Waals surface area contributed by atoms with Crippen LogP contribution in [0.4, 0.5) is 0 Å². The molecule has 0 saturated heterocycles. The molecule has 6 rings (SSSR count). The van der Waals surface area contributed by atoms with E-state index < -0.39 is 11.9 Å². The van der Waals surface area contributed by atoms with Crippen LogP contribution < -0.4 is 0 Å². The first kappa shape index (κ1) is 25.4. The molecule has 40 heavy (non-hydrogen) atoms. The number of aromatic nitrogens is 2. The molecule has 0 atom stereocenters. The topological polar surface area (TPSA) is 53.2 Å². The first-order valence-corrected chi connectivity index (χ1v) is 13.4. The molecule has 0 amide bonds. The lowest BCUT2D eigenvalue weighted by Crippen LogP contribution is -2.14. The number of hydrogen-bond donors (Lipinski definition) is 0. The van der Waals surface area contributed by atoms with Crippen molar-refractivity contribution >= 4 is 33.7 Å². The maximum atomic E-state index is 14.0. The highest BCUT2D eigenvalue weighted by Gasteiger charge is 2.29. The van der Waals surface area contributed by atoms with Gasteiger partial charge in [-0.05, 0) is 34.7 Å². The van der Waals surface area contributed by atoms with E-state index in [1.54, 1.807) is 0 Å². The molecule has 5 nitrogen and oxygen atoms in total. The Morgan fingerprint density at radius 1 is 0.575 bits per heavy atom. The van der Waals surface area contributed by atoms with Gasteiger partial charge in [-0.3, -0.25) is 0 Å². The Balaban J connectivity index is 1.48.